The summed E-state index contributed by atoms with van der Waals surface area (Å²) in [4.78, 5) is 6.47. The lowest BCUT2D eigenvalue weighted by atomic mass is 10.0. The number of hydrogen-bond donors (Lipinski definition) is 1. The molecule has 1 aromatic heterocycles. The average molecular weight is 286 g/mol. The van der Waals surface area contributed by atoms with Gasteiger partial charge in [-0.2, -0.15) is 0 Å². The molecule has 0 saturated heterocycles. The highest BCUT2D eigenvalue weighted by Gasteiger charge is 2.11. The molecule has 0 aliphatic carbocycles. The Morgan fingerprint density at radius 1 is 1.50 bits per heavy atom. The van der Waals surface area contributed by atoms with Crippen molar-refractivity contribution in [3.05, 3.63) is 22.8 Å². The van der Waals surface area contributed by atoms with E-state index in [-0.39, 0.29) is 6.04 Å². The van der Waals surface area contributed by atoms with Gasteiger partial charge in [0.05, 0.1) is 4.47 Å². The van der Waals surface area contributed by atoms with Gasteiger partial charge in [-0.3, -0.25) is 0 Å². The lowest BCUT2D eigenvalue weighted by Gasteiger charge is -2.22. The average Bonchev–Trinajstić information content (AvgIpc) is 2.25. The van der Waals surface area contributed by atoms with Crippen LogP contribution in [0.15, 0.2) is 22.8 Å². The van der Waals surface area contributed by atoms with Crippen molar-refractivity contribution in [3.63, 3.8) is 0 Å². The van der Waals surface area contributed by atoms with Gasteiger partial charge in [-0.25, -0.2) is 4.98 Å². The summed E-state index contributed by atoms with van der Waals surface area (Å²) in [6.07, 6.45) is 2.79. The molecule has 0 saturated carbocycles. The SMILES string of the molecule is CC(C)C(N)CCN(C)c1ncccc1Br. The molecule has 0 aromatic carbocycles. The quantitative estimate of drug-likeness (QED) is 0.904. The van der Waals surface area contributed by atoms with Crippen molar-refractivity contribution in [2.24, 2.45) is 11.7 Å². The van der Waals surface area contributed by atoms with Gasteiger partial charge in [-0.15, -0.1) is 0 Å². The number of aromatic nitrogens is 1. The highest BCUT2D eigenvalue weighted by Crippen LogP contribution is 2.22. The van der Waals surface area contributed by atoms with E-state index in [4.69, 9.17) is 5.73 Å². The first-order chi connectivity index (χ1) is 7.52. The van der Waals surface area contributed by atoms with Crippen molar-refractivity contribution in [3.8, 4) is 0 Å². The lowest BCUT2D eigenvalue weighted by Crippen LogP contribution is -2.32. The largest absolute Gasteiger partial charge is 0.359 e. The van der Waals surface area contributed by atoms with Crippen molar-refractivity contribution in [2.45, 2.75) is 26.3 Å². The van der Waals surface area contributed by atoms with Gasteiger partial charge in [-0.1, -0.05) is 13.8 Å². The molecule has 1 rings (SSSR count). The molecule has 0 spiro atoms. The summed E-state index contributed by atoms with van der Waals surface area (Å²) in [5.41, 5.74) is 6.02. The van der Waals surface area contributed by atoms with Crippen molar-refractivity contribution >= 4 is 21.7 Å². The van der Waals surface area contributed by atoms with E-state index in [2.05, 4.69) is 39.7 Å². The molecule has 0 aliphatic heterocycles. The third kappa shape index (κ3) is 3.76. The van der Waals surface area contributed by atoms with Crippen LogP contribution in [0.2, 0.25) is 0 Å². The molecular formula is C12H20BrN3. The number of hydrogen-bond acceptors (Lipinski definition) is 3. The monoisotopic (exact) mass is 285 g/mol. The summed E-state index contributed by atoms with van der Waals surface area (Å²) in [6, 6.07) is 4.17. The molecule has 1 heterocycles. The third-order valence-corrected chi connectivity index (χ3v) is 3.37. The number of halogens is 1. The molecule has 90 valence electrons. The second kappa shape index (κ2) is 6.21. The summed E-state index contributed by atoms with van der Waals surface area (Å²) in [7, 11) is 2.04. The summed E-state index contributed by atoms with van der Waals surface area (Å²) < 4.78 is 1.02. The molecule has 0 fully saturated rings. The molecule has 0 amide bonds. The van der Waals surface area contributed by atoms with Crippen molar-refractivity contribution in [1.29, 1.82) is 0 Å². The Bertz CT molecular complexity index is 328. The molecule has 2 N–H and O–H groups in total. The van der Waals surface area contributed by atoms with Gasteiger partial charge in [0.15, 0.2) is 0 Å². The van der Waals surface area contributed by atoms with Crippen LogP contribution >= 0.6 is 15.9 Å². The second-order valence-corrected chi connectivity index (χ2v) is 5.28. The predicted octanol–water partition coefficient (Wildman–Crippen LogP) is 2.65. The molecule has 16 heavy (non-hydrogen) atoms. The Morgan fingerprint density at radius 3 is 2.75 bits per heavy atom. The smallest absolute Gasteiger partial charge is 0.142 e. The topological polar surface area (TPSA) is 42.1 Å². The van der Waals surface area contributed by atoms with Crippen LogP contribution in [-0.2, 0) is 0 Å². The molecule has 1 aromatic rings. The summed E-state index contributed by atoms with van der Waals surface area (Å²) in [6.45, 7) is 5.23. The fourth-order valence-electron chi connectivity index (χ4n) is 1.44. The molecule has 1 unspecified atom stereocenters. The van der Waals surface area contributed by atoms with Crippen LogP contribution in [0.25, 0.3) is 0 Å². The van der Waals surface area contributed by atoms with Crippen LogP contribution in [0.3, 0.4) is 0 Å². The third-order valence-electron chi connectivity index (χ3n) is 2.75. The Morgan fingerprint density at radius 2 is 2.19 bits per heavy atom. The first kappa shape index (κ1) is 13.5. The van der Waals surface area contributed by atoms with Crippen LogP contribution in [-0.4, -0.2) is 24.6 Å². The van der Waals surface area contributed by atoms with E-state index < -0.39 is 0 Å². The van der Waals surface area contributed by atoms with Crippen LogP contribution in [0, 0.1) is 5.92 Å². The molecule has 4 heteroatoms. The Kier molecular flexibility index (Phi) is 5.22. The molecule has 3 nitrogen and oxygen atoms in total. The summed E-state index contributed by atoms with van der Waals surface area (Å²) in [5, 5.41) is 0. The molecule has 1 atom stereocenters. The second-order valence-electron chi connectivity index (χ2n) is 4.43. The van der Waals surface area contributed by atoms with E-state index in [0.29, 0.717) is 5.92 Å². The van der Waals surface area contributed by atoms with Gasteiger partial charge in [0, 0.05) is 25.8 Å². The normalized spacial score (nSPS) is 12.9. The zero-order chi connectivity index (χ0) is 12.1. The predicted molar refractivity (Wildman–Crippen MR) is 72.6 cm³/mol. The maximum atomic E-state index is 6.02. The highest BCUT2D eigenvalue weighted by molar-refractivity contribution is 9.10. The van der Waals surface area contributed by atoms with Gasteiger partial charge in [0.2, 0.25) is 0 Å². The minimum absolute atomic E-state index is 0.255. The Balaban J connectivity index is 2.53. The maximum absolute atomic E-state index is 6.02. The summed E-state index contributed by atoms with van der Waals surface area (Å²) >= 11 is 3.50. The van der Waals surface area contributed by atoms with E-state index >= 15 is 0 Å². The molecule has 0 bridgehead atoms. The van der Waals surface area contributed by atoms with Gasteiger partial charge in [0.25, 0.3) is 0 Å². The maximum Gasteiger partial charge on any atom is 0.142 e. The Hall–Kier alpha value is -0.610. The molecular weight excluding hydrogens is 266 g/mol. The van der Waals surface area contributed by atoms with E-state index in [9.17, 15) is 0 Å². The number of nitrogens with zero attached hydrogens (tertiary/aromatic N) is 2. The van der Waals surface area contributed by atoms with Gasteiger partial charge < -0.3 is 10.6 Å². The minimum atomic E-state index is 0.255. The molecule has 0 radical (unpaired) electrons. The van der Waals surface area contributed by atoms with Crippen molar-refractivity contribution in [1.82, 2.24) is 4.98 Å². The van der Waals surface area contributed by atoms with Gasteiger partial charge in [0.1, 0.15) is 5.82 Å². The Labute approximate surface area is 106 Å². The van der Waals surface area contributed by atoms with Gasteiger partial charge >= 0.3 is 0 Å². The van der Waals surface area contributed by atoms with E-state index in [1.807, 2.05) is 19.2 Å². The highest BCUT2D eigenvalue weighted by atomic mass is 79.9. The van der Waals surface area contributed by atoms with Crippen molar-refractivity contribution in [2.75, 3.05) is 18.5 Å². The number of pyridine rings is 1. The molecule has 0 aliphatic rings. The van der Waals surface area contributed by atoms with Crippen molar-refractivity contribution < 1.29 is 0 Å². The summed E-state index contributed by atoms with van der Waals surface area (Å²) in [5.74, 6) is 1.50. The lowest BCUT2D eigenvalue weighted by molar-refractivity contribution is 0.465. The zero-order valence-electron chi connectivity index (χ0n) is 10.2. The standard InChI is InChI=1S/C12H20BrN3/c1-9(2)11(14)6-8-16(3)12-10(13)5-4-7-15-12/h4-5,7,9,11H,6,8,14H2,1-3H3. The van der Waals surface area contributed by atoms with Gasteiger partial charge in [-0.05, 0) is 40.4 Å². The van der Waals surface area contributed by atoms with Crippen LogP contribution in [0.4, 0.5) is 5.82 Å². The van der Waals surface area contributed by atoms with E-state index in [1.54, 1.807) is 6.20 Å². The van der Waals surface area contributed by atoms with E-state index in [0.717, 1.165) is 23.3 Å². The first-order valence-electron chi connectivity index (χ1n) is 5.59. The van der Waals surface area contributed by atoms with Crippen LogP contribution in [0.5, 0.6) is 0 Å². The van der Waals surface area contributed by atoms with Crippen LogP contribution < -0.4 is 10.6 Å². The first-order valence-corrected chi connectivity index (χ1v) is 6.39. The number of nitrogens with two attached hydrogens (primary N) is 1. The fourth-order valence-corrected chi connectivity index (χ4v) is 2.00. The number of rotatable bonds is 5. The number of anilines is 1. The minimum Gasteiger partial charge on any atom is -0.359 e. The van der Waals surface area contributed by atoms with Crippen LogP contribution in [0.1, 0.15) is 20.3 Å². The fraction of sp³-hybridized carbons (Fsp3) is 0.583. The zero-order valence-corrected chi connectivity index (χ0v) is 11.7. The van der Waals surface area contributed by atoms with E-state index in [1.165, 1.54) is 0 Å².